The minimum Gasteiger partial charge on any atom is -0.410 e. The molecule has 0 aliphatic rings. The van der Waals surface area contributed by atoms with Crippen LogP contribution in [0.25, 0.3) is 10.8 Å². The molecular weight excluding hydrogens is 470 g/mol. The lowest BCUT2D eigenvalue weighted by molar-refractivity contribution is 0.336. The summed E-state index contributed by atoms with van der Waals surface area (Å²) in [5.41, 5.74) is 0. The lowest BCUT2D eigenvalue weighted by atomic mass is 10.1. The van der Waals surface area contributed by atoms with Crippen molar-refractivity contribution in [3.8, 4) is 5.75 Å². The van der Waals surface area contributed by atoms with Crippen LogP contribution in [0, 0.1) is 0 Å². The Kier molecular flexibility index (Phi) is 3.96. The van der Waals surface area contributed by atoms with E-state index in [-0.39, 0.29) is 0 Å². The van der Waals surface area contributed by atoms with E-state index in [1.165, 1.54) is 0 Å². The summed E-state index contributed by atoms with van der Waals surface area (Å²) in [6.07, 6.45) is 0. The third kappa shape index (κ3) is 1.95. The summed E-state index contributed by atoms with van der Waals surface area (Å²) in [6, 6.07) is 5.85. The van der Waals surface area contributed by atoms with Gasteiger partial charge < -0.3 is 4.84 Å². The van der Waals surface area contributed by atoms with E-state index in [1.54, 1.807) is 0 Å². The smallest absolute Gasteiger partial charge is 0.170 e. The van der Waals surface area contributed by atoms with Crippen LogP contribution in [0.4, 0.5) is 0 Å². The number of hydrogen-bond donors (Lipinski definition) is 1. The molecule has 0 radical (unpaired) electrons. The number of nitrogens with two attached hydrogens (primary N) is 1. The van der Waals surface area contributed by atoms with Crippen LogP contribution < -0.4 is 10.7 Å². The predicted octanol–water partition coefficient (Wildman–Crippen LogP) is 5.14. The Morgan fingerprint density at radius 1 is 0.938 bits per heavy atom. The summed E-state index contributed by atoms with van der Waals surface area (Å²) < 4.78 is 3.57. The van der Waals surface area contributed by atoms with E-state index in [2.05, 4.69) is 63.7 Å². The van der Waals surface area contributed by atoms with Gasteiger partial charge in [0.05, 0.1) is 8.95 Å². The molecule has 0 unspecified atom stereocenters. The van der Waals surface area contributed by atoms with Gasteiger partial charge in [0, 0.05) is 19.7 Å². The van der Waals surface area contributed by atoms with Crippen LogP contribution in [-0.4, -0.2) is 0 Å². The average molecular weight is 475 g/mol. The largest absolute Gasteiger partial charge is 0.410 e. The minimum atomic E-state index is 0.603. The van der Waals surface area contributed by atoms with Crippen molar-refractivity contribution in [1.29, 1.82) is 0 Å². The van der Waals surface area contributed by atoms with Gasteiger partial charge in [-0.25, -0.2) is 0 Å². The van der Waals surface area contributed by atoms with Gasteiger partial charge in [-0.1, -0.05) is 28.1 Å². The first-order valence-corrected chi connectivity index (χ1v) is 7.36. The second-order valence-electron chi connectivity index (χ2n) is 3.05. The van der Waals surface area contributed by atoms with Crippen LogP contribution in [0.3, 0.4) is 0 Å². The summed E-state index contributed by atoms with van der Waals surface area (Å²) in [6.45, 7) is 0. The average Bonchev–Trinajstić information content (AvgIpc) is 2.27. The van der Waals surface area contributed by atoms with E-state index in [1.807, 2.05) is 18.2 Å². The molecule has 0 fully saturated rings. The molecule has 0 aliphatic heterocycles. The van der Waals surface area contributed by atoms with Crippen LogP contribution in [0.5, 0.6) is 5.75 Å². The van der Waals surface area contributed by atoms with Gasteiger partial charge in [0.2, 0.25) is 0 Å². The van der Waals surface area contributed by atoms with Crippen molar-refractivity contribution in [1.82, 2.24) is 0 Å². The van der Waals surface area contributed by atoms with E-state index in [0.717, 1.165) is 28.7 Å². The molecule has 0 saturated carbocycles. The molecule has 2 aromatic carbocycles. The first kappa shape index (κ1) is 12.8. The van der Waals surface area contributed by atoms with Gasteiger partial charge >= 0.3 is 0 Å². The highest BCUT2D eigenvalue weighted by atomic mass is 79.9. The van der Waals surface area contributed by atoms with Crippen LogP contribution >= 0.6 is 63.7 Å². The Labute approximate surface area is 126 Å². The molecule has 2 aromatic rings. The Morgan fingerprint density at radius 2 is 1.62 bits per heavy atom. The van der Waals surface area contributed by atoms with E-state index >= 15 is 0 Å². The molecular formula is C10H5Br4NO. The lowest BCUT2D eigenvalue weighted by Crippen LogP contribution is -2.03. The zero-order chi connectivity index (χ0) is 11.9. The highest BCUT2D eigenvalue weighted by Gasteiger charge is 2.17. The van der Waals surface area contributed by atoms with E-state index < -0.39 is 0 Å². The van der Waals surface area contributed by atoms with E-state index in [4.69, 9.17) is 10.7 Å². The summed E-state index contributed by atoms with van der Waals surface area (Å²) in [5, 5.41) is 1.94. The molecule has 6 heteroatoms. The zero-order valence-electron chi connectivity index (χ0n) is 7.73. The van der Waals surface area contributed by atoms with Crippen molar-refractivity contribution >= 4 is 74.5 Å². The molecule has 0 heterocycles. The zero-order valence-corrected chi connectivity index (χ0v) is 14.1. The third-order valence-electron chi connectivity index (χ3n) is 2.18. The fourth-order valence-corrected chi connectivity index (χ4v) is 4.08. The maximum Gasteiger partial charge on any atom is 0.170 e. The molecule has 2 nitrogen and oxygen atoms in total. The minimum absolute atomic E-state index is 0.603. The second-order valence-corrected chi connectivity index (χ2v) is 6.28. The Balaban J connectivity index is 3.04. The maximum atomic E-state index is 5.30. The van der Waals surface area contributed by atoms with Crippen LogP contribution in [-0.2, 0) is 0 Å². The highest BCUT2D eigenvalue weighted by Crippen LogP contribution is 2.46. The van der Waals surface area contributed by atoms with Gasteiger partial charge in [-0.15, -0.1) is 0 Å². The van der Waals surface area contributed by atoms with Gasteiger partial charge in [-0.2, -0.15) is 5.90 Å². The highest BCUT2D eigenvalue weighted by molar-refractivity contribution is 9.14. The Bertz CT molecular complexity index is 570. The number of benzene rings is 2. The molecule has 0 spiro atoms. The molecule has 2 rings (SSSR count). The fraction of sp³-hybridized carbons (Fsp3) is 0. The molecule has 0 amide bonds. The van der Waals surface area contributed by atoms with Crippen molar-refractivity contribution in [2.24, 2.45) is 5.90 Å². The molecule has 0 atom stereocenters. The second kappa shape index (κ2) is 4.94. The van der Waals surface area contributed by atoms with Crippen LogP contribution in [0.15, 0.2) is 36.1 Å². The van der Waals surface area contributed by atoms with Crippen molar-refractivity contribution < 1.29 is 4.84 Å². The van der Waals surface area contributed by atoms with Gasteiger partial charge in [0.1, 0.15) is 0 Å². The fourth-order valence-electron chi connectivity index (χ4n) is 1.48. The lowest BCUT2D eigenvalue weighted by Gasteiger charge is -2.12. The SMILES string of the molecule is NOc1c(Br)c(Br)c(Br)c2c(Br)cccc12. The molecule has 0 bridgehead atoms. The van der Waals surface area contributed by atoms with Gasteiger partial charge in [-0.05, 0) is 53.9 Å². The standard InChI is InChI=1S/C10H5Br4NO/c11-5-3-1-2-4-6(5)7(12)8(13)9(14)10(4)16-15/h1-3H,15H2. The third-order valence-corrected chi connectivity index (χ3v) is 6.25. The number of hydrogen-bond acceptors (Lipinski definition) is 2. The molecule has 0 aromatic heterocycles. The van der Waals surface area contributed by atoms with Gasteiger partial charge in [-0.3, -0.25) is 0 Å². The van der Waals surface area contributed by atoms with Crippen molar-refractivity contribution in [2.75, 3.05) is 0 Å². The normalized spacial score (nSPS) is 10.8. The monoisotopic (exact) mass is 471 g/mol. The number of fused-ring (bicyclic) bond motifs is 1. The molecule has 0 aliphatic carbocycles. The number of rotatable bonds is 1. The molecule has 16 heavy (non-hydrogen) atoms. The van der Waals surface area contributed by atoms with Gasteiger partial charge in [0.15, 0.2) is 5.75 Å². The topological polar surface area (TPSA) is 35.2 Å². The summed E-state index contributed by atoms with van der Waals surface area (Å²) in [4.78, 5) is 4.93. The molecule has 2 N–H and O–H groups in total. The quantitative estimate of drug-likeness (QED) is 0.459. The summed E-state index contributed by atoms with van der Waals surface area (Å²) >= 11 is 14.0. The first-order valence-electron chi connectivity index (χ1n) is 4.19. The first-order chi connectivity index (χ1) is 7.57. The Hall–Kier alpha value is 0.380. The maximum absolute atomic E-state index is 5.30. The van der Waals surface area contributed by atoms with Crippen molar-refractivity contribution in [3.63, 3.8) is 0 Å². The van der Waals surface area contributed by atoms with Crippen molar-refractivity contribution in [3.05, 3.63) is 36.1 Å². The van der Waals surface area contributed by atoms with Crippen LogP contribution in [0.2, 0.25) is 0 Å². The number of halogens is 4. The molecule has 0 saturated heterocycles. The van der Waals surface area contributed by atoms with Crippen LogP contribution in [0.1, 0.15) is 0 Å². The van der Waals surface area contributed by atoms with Gasteiger partial charge in [0.25, 0.3) is 0 Å². The summed E-state index contributed by atoms with van der Waals surface area (Å²) in [7, 11) is 0. The predicted molar refractivity (Wildman–Crippen MR) is 79.6 cm³/mol. The van der Waals surface area contributed by atoms with E-state index in [9.17, 15) is 0 Å². The van der Waals surface area contributed by atoms with Crippen molar-refractivity contribution in [2.45, 2.75) is 0 Å². The Morgan fingerprint density at radius 3 is 2.25 bits per heavy atom. The molecule has 84 valence electrons. The van der Waals surface area contributed by atoms with E-state index in [0.29, 0.717) is 5.75 Å². The summed E-state index contributed by atoms with van der Waals surface area (Å²) in [5.74, 6) is 5.91.